The largest absolute Gasteiger partial charge is 0.493 e. The molecule has 3 N–H and O–H groups in total. The summed E-state index contributed by atoms with van der Waals surface area (Å²) < 4.78 is 5.21. The molecule has 11 nitrogen and oxygen atoms in total. The smallest absolute Gasteiger partial charge is 0.338 e. The van der Waals surface area contributed by atoms with Gasteiger partial charge in [-0.3, -0.25) is 9.36 Å². The van der Waals surface area contributed by atoms with Gasteiger partial charge in [-0.1, -0.05) is 5.04 Å². The summed E-state index contributed by atoms with van der Waals surface area (Å²) in [7, 11) is 0. The van der Waals surface area contributed by atoms with E-state index < -0.39 is 17.4 Å². The Bertz CT molecular complexity index is 1040. The second-order valence-corrected chi connectivity index (χ2v) is 6.02. The molecule has 0 aliphatic carbocycles. The van der Waals surface area contributed by atoms with Crippen molar-refractivity contribution in [1.29, 1.82) is 5.26 Å². The van der Waals surface area contributed by atoms with Crippen LogP contribution in [0.1, 0.15) is 28.4 Å². The van der Waals surface area contributed by atoms with Gasteiger partial charge in [-0.2, -0.15) is 5.26 Å². The third kappa shape index (κ3) is 4.18. The van der Waals surface area contributed by atoms with Crippen LogP contribution in [0.3, 0.4) is 0 Å². The SMILES string of the molecule is CCn1c(O)c(/N=N/c2ccc(SOOO)cc2C(=O)O)c(C)c(C#N)c1=O. The maximum atomic E-state index is 12.2. The van der Waals surface area contributed by atoms with Crippen LogP contribution in [-0.2, 0) is 15.9 Å². The van der Waals surface area contributed by atoms with Crippen molar-refractivity contribution in [2.24, 2.45) is 10.2 Å². The molecule has 0 unspecified atom stereocenters. The zero-order chi connectivity index (χ0) is 20.8. The Labute approximate surface area is 162 Å². The molecule has 0 fully saturated rings. The first-order chi connectivity index (χ1) is 13.3. The number of aromatic hydroxyl groups is 1. The number of aromatic carboxylic acids is 1. The quantitative estimate of drug-likeness (QED) is 0.270. The summed E-state index contributed by atoms with van der Waals surface area (Å²) in [5.41, 5.74) is -1.14. The first kappa shape index (κ1) is 21.1. The first-order valence-electron chi connectivity index (χ1n) is 7.65. The molecule has 0 bridgehead atoms. The van der Waals surface area contributed by atoms with Crippen molar-refractivity contribution >= 4 is 29.4 Å². The molecular formula is C16H14N4O7S. The van der Waals surface area contributed by atoms with E-state index in [1.54, 1.807) is 13.0 Å². The Morgan fingerprint density at radius 1 is 1.39 bits per heavy atom. The van der Waals surface area contributed by atoms with E-state index in [4.69, 9.17) is 5.26 Å². The maximum absolute atomic E-state index is 12.2. The molecule has 12 heteroatoms. The van der Waals surface area contributed by atoms with Crippen molar-refractivity contribution in [3.8, 4) is 11.9 Å². The predicted molar refractivity (Wildman–Crippen MR) is 95.7 cm³/mol. The Morgan fingerprint density at radius 3 is 2.68 bits per heavy atom. The van der Waals surface area contributed by atoms with Gasteiger partial charge in [-0.15, -0.1) is 14.6 Å². The van der Waals surface area contributed by atoms with Crippen LogP contribution in [0.2, 0.25) is 0 Å². The summed E-state index contributed by atoms with van der Waals surface area (Å²) in [6.45, 7) is 3.13. The van der Waals surface area contributed by atoms with Gasteiger partial charge in [0, 0.05) is 17.0 Å². The van der Waals surface area contributed by atoms with Gasteiger partial charge < -0.3 is 10.2 Å². The summed E-state index contributed by atoms with van der Waals surface area (Å²) in [6, 6.07) is 5.74. The Morgan fingerprint density at radius 2 is 2.11 bits per heavy atom. The molecule has 2 rings (SSSR count). The van der Waals surface area contributed by atoms with Crippen LogP contribution in [0.25, 0.3) is 0 Å². The fourth-order valence-electron chi connectivity index (χ4n) is 2.33. The van der Waals surface area contributed by atoms with Crippen LogP contribution in [0.4, 0.5) is 11.4 Å². The van der Waals surface area contributed by atoms with Gasteiger partial charge >= 0.3 is 5.97 Å². The van der Waals surface area contributed by atoms with E-state index in [0.29, 0.717) is 16.9 Å². The number of carboxylic acid groups (broad SMARTS) is 1. The number of benzene rings is 1. The second kappa shape index (κ2) is 9.11. The lowest BCUT2D eigenvalue weighted by Crippen LogP contribution is -2.23. The zero-order valence-corrected chi connectivity index (χ0v) is 15.4. The normalized spacial score (nSPS) is 10.9. The number of pyridine rings is 1. The highest BCUT2D eigenvalue weighted by Gasteiger charge is 2.19. The second-order valence-electron chi connectivity index (χ2n) is 5.24. The molecule has 0 saturated heterocycles. The number of hydrogen-bond donors (Lipinski definition) is 3. The van der Waals surface area contributed by atoms with Crippen molar-refractivity contribution in [2.45, 2.75) is 25.3 Å². The van der Waals surface area contributed by atoms with Crippen molar-refractivity contribution in [2.75, 3.05) is 0 Å². The fourth-order valence-corrected chi connectivity index (χ4v) is 2.73. The molecule has 28 heavy (non-hydrogen) atoms. The summed E-state index contributed by atoms with van der Waals surface area (Å²) in [6.07, 6.45) is 0. The number of carbonyl (C=O) groups is 1. The Kier molecular flexibility index (Phi) is 6.85. The molecule has 0 saturated carbocycles. The zero-order valence-electron chi connectivity index (χ0n) is 14.6. The number of nitrogens with zero attached hydrogens (tertiary/aromatic N) is 4. The highest BCUT2D eigenvalue weighted by Crippen LogP contribution is 2.33. The van der Waals surface area contributed by atoms with E-state index in [2.05, 4.69) is 19.6 Å². The molecule has 1 aromatic heterocycles. The van der Waals surface area contributed by atoms with Gasteiger partial charge in [0.1, 0.15) is 17.3 Å². The van der Waals surface area contributed by atoms with Crippen LogP contribution < -0.4 is 5.56 Å². The number of azo groups is 1. The average molecular weight is 406 g/mol. The molecule has 0 aliphatic heterocycles. The van der Waals surface area contributed by atoms with Crippen molar-refractivity contribution in [3.63, 3.8) is 0 Å². The lowest BCUT2D eigenvalue weighted by atomic mass is 10.1. The highest BCUT2D eigenvalue weighted by molar-refractivity contribution is 7.94. The van der Waals surface area contributed by atoms with Crippen LogP contribution in [0.5, 0.6) is 5.88 Å². The highest BCUT2D eigenvalue weighted by atomic mass is 32.2. The standard InChI is InChI=1S/C16H14N4O7S/c1-3-20-14(21)11(7-17)8(2)13(15(20)22)19-18-12-5-4-9(28-27-26-25)6-10(12)16(23)24/h4-6,22,25H,3H2,1-2H3,(H,23,24)/b19-18+. The predicted octanol–water partition coefficient (Wildman–Crippen LogP) is 3.30. The number of hydrogen-bond acceptors (Lipinski definition) is 10. The number of carboxylic acids is 1. The molecule has 0 atom stereocenters. The van der Waals surface area contributed by atoms with Crippen LogP contribution >= 0.6 is 12.0 Å². The van der Waals surface area contributed by atoms with Gasteiger partial charge in [-0.25, -0.2) is 10.1 Å². The molecule has 1 heterocycles. The number of aromatic nitrogens is 1. The van der Waals surface area contributed by atoms with Crippen molar-refractivity contribution in [1.82, 2.24) is 4.57 Å². The maximum Gasteiger partial charge on any atom is 0.338 e. The molecule has 2 aromatic rings. The van der Waals surface area contributed by atoms with Crippen LogP contribution in [0.15, 0.2) is 38.1 Å². The van der Waals surface area contributed by atoms with E-state index in [1.807, 2.05) is 0 Å². The monoisotopic (exact) mass is 406 g/mol. The van der Waals surface area contributed by atoms with Crippen molar-refractivity contribution < 1.29 is 29.6 Å². The van der Waals surface area contributed by atoms with Gasteiger partial charge in [0.05, 0.1) is 17.6 Å². The molecule has 146 valence electrons. The van der Waals surface area contributed by atoms with E-state index in [0.717, 1.165) is 4.57 Å². The topological polar surface area (TPSA) is 167 Å². The van der Waals surface area contributed by atoms with Gasteiger partial charge in [0.15, 0.2) is 5.69 Å². The van der Waals surface area contributed by atoms with E-state index >= 15 is 0 Å². The Hall–Kier alpha value is -3.24. The molecule has 0 spiro atoms. The van der Waals surface area contributed by atoms with E-state index in [-0.39, 0.29) is 34.6 Å². The fraction of sp³-hybridized carbons (Fsp3) is 0.188. The number of rotatable bonds is 7. The molecule has 0 amide bonds. The summed E-state index contributed by atoms with van der Waals surface area (Å²) in [5.74, 6) is -1.79. The van der Waals surface area contributed by atoms with Crippen LogP contribution in [-0.4, -0.2) is 26.0 Å². The minimum Gasteiger partial charge on any atom is -0.493 e. The van der Waals surface area contributed by atoms with Gasteiger partial charge in [0.25, 0.3) is 5.56 Å². The number of nitriles is 1. The molecule has 0 radical (unpaired) electrons. The summed E-state index contributed by atoms with van der Waals surface area (Å²) in [5, 5.41) is 48.2. The van der Waals surface area contributed by atoms with Crippen molar-refractivity contribution in [3.05, 3.63) is 45.2 Å². The lowest BCUT2D eigenvalue weighted by molar-refractivity contribution is -0.432. The average Bonchev–Trinajstić information content (AvgIpc) is 2.67. The first-order valence-corrected chi connectivity index (χ1v) is 8.40. The summed E-state index contributed by atoms with van der Waals surface area (Å²) >= 11 is 0.570. The molecule has 0 aliphatic rings. The molecule has 1 aromatic carbocycles. The van der Waals surface area contributed by atoms with E-state index in [1.165, 1.54) is 25.1 Å². The minimum atomic E-state index is -1.31. The third-order valence-corrected chi connectivity index (χ3v) is 4.28. The Balaban J connectivity index is 2.56. The van der Waals surface area contributed by atoms with Crippen LogP contribution in [0, 0.1) is 18.3 Å². The summed E-state index contributed by atoms with van der Waals surface area (Å²) in [4.78, 5) is 23.9. The van der Waals surface area contributed by atoms with E-state index in [9.17, 15) is 25.1 Å². The molecular weight excluding hydrogens is 392 g/mol. The van der Waals surface area contributed by atoms with Gasteiger partial charge in [-0.05, 0) is 32.0 Å². The lowest BCUT2D eigenvalue weighted by Gasteiger charge is -2.11. The van der Waals surface area contributed by atoms with Gasteiger partial charge in [0.2, 0.25) is 5.88 Å². The minimum absolute atomic E-state index is 0.0478. The third-order valence-electron chi connectivity index (χ3n) is 3.70.